The molecule has 1 aromatic carbocycles. The van der Waals surface area contributed by atoms with Crippen LogP contribution in [-0.4, -0.2) is 22.0 Å². The Bertz CT molecular complexity index is 695. The number of ether oxygens (including phenoxy) is 1. The Labute approximate surface area is 123 Å². The van der Waals surface area contributed by atoms with Crippen molar-refractivity contribution >= 4 is 5.91 Å². The van der Waals surface area contributed by atoms with Crippen molar-refractivity contribution in [3.05, 3.63) is 52.5 Å². The Balaban J connectivity index is 1.73. The summed E-state index contributed by atoms with van der Waals surface area (Å²) < 4.78 is 5.91. The fourth-order valence-corrected chi connectivity index (χ4v) is 2.65. The third-order valence-electron chi connectivity index (χ3n) is 3.70. The fraction of sp³-hybridized carbons (Fsp3) is 0.312. The van der Waals surface area contributed by atoms with Gasteiger partial charge in [0.05, 0.1) is 0 Å². The first-order chi connectivity index (χ1) is 10.0. The first-order valence-corrected chi connectivity index (χ1v) is 6.92. The van der Waals surface area contributed by atoms with E-state index in [4.69, 9.17) is 10.5 Å². The molecule has 0 saturated heterocycles. The highest BCUT2D eigenvalue weighted by molar-refractivity contribution is 5.92. The summed E-state index contributed by atoms with van der Waals surface area (Å²) in [5.74, 6) is 1.03. The lowest BCUT2D eigenvalue weighted by Crippen LogP contribution is -2.17. The first kappa shape index (κ1) is 13.5. The molecule has 1 aliphatic heterocycles. The number of hydrogen-bond donors (Lipinski definition) is 1. The fourth-order valence-electron chi connectivity index (χ4n) is 2.65. The highest BCUT2D eigenvalue weighted by Crippen LogP contribution is 2.30. The van der Waals surface area contributed by atoms with Crippen molar-refractivity contribution in [3.63, 3.8) is 0 Å². The van der Waals surface area contributed by atoms with Crippen molar-refractivity contribution in [1.29, 1.82) is 0 Å². The molecule has 5 nitrogen and oxygen atoms in total. The zero-order valence-electron chi connectivity index (χ0n) is 12.1. The number of amides is 1. The molecular formula is C16H17N3O2. The monoisotopic (exact) mass is 283 g/mol. The lowest BCUT2D eigenvalue weighted by molar-refractivity contribution is 0.100. The summed E-state index contributed by atoms with van der Waals surface area (Å²) in [6.07, 6.45) is 1.65. The van der Waals surface area contributed by atoms with Gasteiger partial charge in [0.1, 0.15) is 11.9 Å². The zero-order valence-corrected chi connectivity index (χ0v) is 12.1. The maximum Gasteiger partial charge on any atom is 0.248 e. The number of nitrogens with two attached hydrogens (primary N) is 1. The first-order valence-electron chi connectivity index (χ1n) is 6.92. The zero-order chi connectivity index (χ0) is 15.0. The van der Waals surface area contributed by atoms with Gasteiger partial charge in [-0.15, -0.1) is 0 Å². The van der Waals surface area contributed by atoms with Crippen LogP contribution in [0.5, 0.6) is 5.88 Å². The van der Waals surface area contributed by atoms with E-state index in [1.54, 1.807) is 12.1 Å². The predicted molar refractivity (Wildman–Crippen MR) is 78.3 cm³/mol. The number of aryl methyl sites for hydroxylation is 2. The van der Waals surface area contributed by atoms with Crippen LogP contribution in [0.1, 0.15) is 33.0 Å². The lowest BCUT2D eigenvalue weighted by Gasteiger charge is -2.10. The summed E-state index contributed by atoms with van der Waals surface area (Å²) >= 11 is 0. The van der Waals surface area contributed by atoms with Crippen molar-refractivity contribution < 1.29 is 9.53 Å². The van der Waals surface area contributed by atoms with E-state index in [1.165, 1.54) is 0 Å². The molecule has 1 amide bonds. The lowest BCUT2D eigenvalue weighted by atomic mass is 10.0. The molecule has 21 heavy (non-hydrogen) atoms. The average Bonchev–Trinajstić information content (AvgIpc) is 2.82. The molecule has 1 aromatic heterocycles. The van der Waals surface area contributed by atoms with Crippen molar-refractivity contribution in [2.75, 3.05) is 0 Å². The molecule has 0 bridgehead atoms. The summed E-state index contributed by atoms with van der Waals surface area (Å²) in [5, 5.41) is 0. The summed E-state index contributed by atoms with van der Waals surface area (Å²) in [4.78, 5) is 19.8. The summed E-state index contributed by atoms with van der Waals surface area (Å²) in [7, 11) is 0. The molecule has 2 N–H and O–H groups in total. The maximum atomic E-state index is 11.1. The second-order valence-electron chi connectivity index (χ2n) is 5.35. The van der Waals surface area contributed by atoms with Crippen molar-refractivity contribution in [2.24, 2.45) is 5.73 Å². The van der Waals surface area contributed by atoms with Crippen LogP contribution in [0.25, 0.3) is 0 Å². The molecule has 3 rings (SSSR count). The largest absolute Gasteiger partial charge is 0.473 e. The quantitative estimate of drug-likeness (QED) is 0.930. The van der Waals surface area contributed by atoms with Gasteiger partial charge in [0.25, 0.3) is 0 Å². The van der Waals surface area contributed by atoms with Crippen molar-refractivity contribution in [3.8, 4) is 5.88 Å². The van der Waals surface area contributed by atoms with Crippen molar-refractivity contribution in [1.82, 2.24) is 9.97 Å². The minimum atomic E-state index is -0.410. The second-order valence-corrected chi connectivity index (χ2v) is 5.35. The maximum absolute atomic E-state index is 11.1. The van der Waals surface area contributed by atoms with Gasteiger partial charge in [-0.05, 0) is 31.5 Å². The SMILES string of the molecule is Cc1nc(C)c2c(n1)OC(Cc1ccc(C(N)=O)cc1)C2. The van der Waals surface area contributed by atoms with Gasteiger partial charge in [0, 0.05) is 29.7 Å². The standard InChI is InChI=1S/C16H17N3O2/c1-9-14-8-13(21-16(14)19-10(2)18-9)7-11-3-5-12(6-4-11)15(17)20/h3-6,13H,7-8H2,1-2H3,(H2,17,20). The van der Waals surface area contributed by atoms with Crippen LogP contribution in [0.15, 0.2) is 24.3 Å². The third-order valence-corrected chi connectivity index (χ3v) is 3.70. The van der Waals surface area contributed by atoms with Crippen LogP contribution < -0.4 is 10.5 Å². The van der Waals surface area contributed by atoms with Crippen molar-refractivity contribution in [2.45, 2.75) is 32.8 Å². The number of primary amides is 1. The molecule has 2 heterocycles. The molecule has 1 atom stereocenters. The Kier molecular flexibility index (Phi) is 3.33. The smallest absolute Gasteiger partial charge is 0.248 e. The molecular weight excluding hydrogens is 266 g/mol. The van der Waals surface area contributed by atoms with Gasteiger partial charge in [-0.2, -0.15) is 4.98 Å². The Morgan fingerprint density at radius 3 is 2.67 bits per heavy atom. The molecule has 108 valence electrons. The number of fused-ring (bicyclic) bond motifs is 1. The third kappa shape index (κ3) is 2.72. The van der Waals surface area contributed by atoms with Crippen LogP contribution in [0.2, 0.25) is 0 Å². The van der Waals surface area contributed by atoms with Crippen LogP contribution in [-0.2, 0) is 12.8 Å². The number of hydrogen-bond acceptors (Lipinski definition) is 4. The molecule has 0 saturated carbocycles. The van der Waals surface area contributed by atoms with Gasteiger partial charge >= 0.3 is 0 Å². The van der Waals surface area contributed by atoms with Gasteiger partial charge in [-0.25, -0.2) is 4.98 Å². The van der Waals surface area contributed by atoms with Gasteiger partial charge in [-0.1, -0.05) is 12.1 Å². The highest BCUT2D eigenvalue weighted by Gasteiger charge is 2.26. The Hall–Kier alpha value is -2.43. The van der Waals surface area contributed by atoms with E-state index in [-0.39, 0.29) is 6.10 Å². The molecule has 0 fully saturated rings. The molecule has 0 radical (unpaired) electrons. The summed E-state index contributed by atoms with van der Waals surface area (Å²) in [6.45, 7) is 3.85. The van der Waals surface area contributed by atoms with E-state index in [9.17, 15) is 4.79 Å². The molecule has 1 aliphatic rings. The van der Waals surface area contributed by atoms with E-state index in [0.29, 0.717) is 11.4 Å². The number of aromatic nitrogens is 2. The summed E-state index contributed by atoms with van der Waals surface area (Å²) in [5.41, 5.74) is 8.95. The molecule has 5 heteroatoms. The predicted octanol–water partition coefficient (Wildman–Crippen LogP) is 1.74. The van der Waals surface area contributed by atoms with E-state index in [0.717, 1.165) is 35.5 Å². The van der Waals surface area contributed by atoms with Crippen LogP contribution in [0.4, 0.5) is 0 Å². The van der Waals surface area contributed by atoms with Gasteiger partial charge in [0.2, 0.25) is 11.8 Å². The van der Waals surface area contributed by atoms with Gasteiger partial charge < -0.3 is 10.5 Å². The molecule has 2 aromatic rings. The van der Waals surface area contributed by atoms with Gasteiger partial charge in [0.15, 0.2) is 0 Å². The molecule has 0 spiro atoms. The molecule has 0 aliphatic carbocycles. The number of carbonyl (C=O) groups is 1. The van der Waals surface area contributed by atoms with E-state index >= 15 is 0 Å². The minimum Gasteiger partial charge on any atom is -0.473 e. The number of nitrogens with zero attached hydrogens (tertiary/aromatic N) is 2. The normalized spacial score (nSPS) is 16.4. The number of carbonyl (C=O) groups excluding carboxylic acids is 1. The van der Waals surface area contributed by atoms with Crippen LogP contribution in [0.3, 0.4) is 0 Å². The topological polar surface area (TPSA) is 78.1 Å². The average molecular weight is 283 g/mol. The van der Waals surface area contributed by atoms with Crippen LogP contribution >= 0.6 is 0 Å². The van der Waals surface area contributed by atoms with E-state index in [2.05, 4.69) is 9.97 Å². The second kappa shape index (κ2) is 5.16. The minimum absolute atomic E-state index is 0.0641. The van der Waals surface area contributed by atoms with Gasteiger partial charge in [-0.3, -0.25) is 4.79 Å². The molecule has 1 unspecified atom stereocenters. The number of benzene rings is 1. The van der Waals surface area contributed by atoms with Crippen LogP contribution in [0, 0.1) is 13.8 Å². The Morgan fingerprint density at radius 2 is 2.00 bits per heavy atom. The highest BCUT2D eigenvalue weighted by atomic mass is 16.5. The number of rotatable bonds is 3. The van der Waals surface area contributed by atoms with E-state index in [1.807, 2.05) is 26.0 Å². The van der Waals surface area contributed by atoms with E-state index < -0.39 is 5.91 Å². The Morgan fingerprint density at radius 1 is 1.29 bits per heavy atom. The summed E-state index contributed by atoms with van der Waals surface area (Å²) in [6, 6.07) is 7.32.